The number of rotatable bonds is 7. The summed E-state index contributed by atoms with van der Waals surface area (Å²) in [5, 5.41) is 12.2. The van der Waals surface area contributed by atoms with Gasteiger partial charge in [0.05, 0.1) is 6.61 Å². The topological polar surface area (TPSA) is 58.6 Å². The van der Waals surface area contributed by atoms with Crippen LogP contribution in [0.15, 0.2) is 24.3 Å². The molecule has 0 aliphatic heterocycles. The van der Waals surface area contributed by atoms with E-state index in [1.165, 1.54) is 12.1 Å². The van der Waals surface area contributed by atoms with Gasteiger partial charge in [0, 0.05) is 25.0 Å². The van der Waals surface area contributed by atoms with E-state index < -0.39 is 0 Å². The Morgan fingerprint density at radius 2 is 2.10 bits per heavy atom. The van der Waals surface area contributed by atoms with Gasteiger partial charge in [0.15, 0.2) is 0 Å². The number of carbonyl (C=O) groups is 1. The van der Waals surface area contributed by atoms with E-state index in [2.05, 4.69) is 5.32 Å². The lowest BCUT2D eigenvalue weighted by Crippen LogP contribution is -2.38. The van der Waals surface area contributed by atoms with Crippen molar-refractivity contribution in [3.8, 4) is 5.75 Å². The number of nitrogens with one attached hydrogen (secondary N) is 1. The summed E-state index contributed by atoms with van der Waals surface area (Å²) < 4.78 is 18.1. The Labute approximate surface area is 124 Å². The Bertz CT molecular complexity index is 449. The summed E-state index contributed by atoms with van der Waals surface area (Å²) in [7, 11) is 0. The fraction of sp³-hybridized carbons (Fsp3) is 0.562. The molecule has 116 valence electrons. The lowest BCUT2D eigenvalue weighted by atomic mass is 10.0. The highest BCUT2D eigenvalue weighted by Gasteiger charge is 2.27. The molecule has 1 aromatic rings. The molecule has 0 spiro atoms. The molecule has 1 saturated carbocycles. The maximum absolute atomic E-state index is 12.7. The zero-order valence-electron chi connectivity index (χ0n) is 12.1. The van der Waals surface area contributed by atoms with Gasteiger partial charge >= 0.3 is 0 Å². The molecule has 4 nitrogen and oxygen atoms in total. The molecular weight excluding hydrogens is 273 g/mol. The molecule has 0 heterocycles. The molecule has 0 radical (unpaired) electrons. The fourth-order valence-electron chi connectivity index (χ4n) is 2.68. The van der Waals surface area contributed by atoms with Gasteiger partial charge < -0.3 is 15.2 Å². The molecule has 0 saturated heterocycles. The Morgan fingerprint density at radius 1 is 1.33 bits per heavy atom. The third-order valence-corrected chi connectivity index (χ3v) is 3.87. The van der Waals surface area contributed by atoms with E-state index in [-0.39, 0.29) is 30.3 Å². The normalized spacial score (nSPS) is 21.2. The van der Waals surface area contributed by atoms with Crippen molar-refractivity contribution in [1.29, 1.82) is 0 Å². The summed E-state index contributed by atoms with van der Waals surface area (Å²) in [6.45, 7) is 0.561. The first-order valence-electron chi connectivity index (χ1n) is 7.47. The molecule has 2 atom stereocenters. The molecule has 2 rings (SSSR count). The second kappa shape index (κ2) is 7.98. The molecule has 21 heavy (non-hydrogen) atoms. The van der Waals surface area contributed by atoms with Crippen LogP contribution in [0.3, 0.4) is 0 Å². The average Bonchev–Trinajstić information content (AvgIpc) is 2.92. The van der Waals surface area contributed by atoms with Crippen LogP contribution in [0.25, 0.3) is 0 Å². The molecule has 1 amide bonds. The van der Waals surface area contributed by atoms with E-state index in [9.17, 15) is 14.3 Å². The number of aliphatic hydroxyl groups is 1. The molecule has 1 aromatic carbocycles. The van der Waals surface area contributed by atoms with Crippen LogP contribution in [0.4, 0.5) is 4.39 Å². The molecule has 0 aromatic heterocycles. The second-order valence-electron chi connectivity index (χ2n) is 5.45. The number of ether oxygens (including phenoxy) is 1. The van der Waals surface area contributed by atoms with Crippen molar-refractivity contribution in [2.24, 2.45) is 5.92 Å². The summed E-state index contributed by atoms with van der Waals surface area (Å²) in [5.41, 5.74) is 0. The van der Waals surface area contributed by atoms with Crippen LogP contribution >= 0.6 is 0 Å². The van der Waals surface area contributed by atoms with Crippen molar-refractivity contribution in [3.05, 3.63) is 30.1 Å². The highest BCUT2D eigenvalue weighted by molar-refractivity contribution is 5.76. The predicted molar refractivity (Wildman–Crippen MR) is 77.5 cm³/mol. The van der Waals surface area contributed by atoms with Gasteiger partial charge in [-0.2, -0.15) is 0 Å². The lowest BCUT2D eigenvalue weighted by Gasteiger charge is -2.18. The maximum atomic E-state index is 12.7. The highest BCUT2D eigenvalue weighted by atomic mass is 19.1. The van der Waals surface area contributed by atoms with Gasteiger partial charge in [-0.15, -0.1) is 0 Å². The largest absolute Gasteiger partial charge is 0.494 e. The minimum atomic E-state index is -0.295. The van der Waals surface area contributed by atoms with Crippen molar-refractivity contribution in [3.63, 3.8) is 0 Å². The van der Waals surface area contributed by atoms with E-state index in [0.29, 0.717) is 25.2 Å². The molecule has 5 heteroatoms. The smallest absolute Gasteiger partial charge is 0.220 e. The lowest BCUT2D eigenvalue weighted by molar-refractivity contribution is -0.122. The van der Waals surface area contributed by atoms with Crippen LogP contribution in [-0.4, -0.2) is 30.3 Å². The van der Waals surface area contributed by atoms with Crippen molar-refractivity contribution in [2.75, 3.05) is 13.2 Å². The van der Waals surface area contributed by atoms with Crippen LogP contribution in [0.1, 0.15) is 32.1 Å². The minimum absolute atomic E-state index is 0.00283. The van der Waals surface area contributed by atoms with Crippen LogP contribution < -0.4 is 10.1 Å². The first-order chi connectivity index (χ1) is 10.2. The van der Waals surface area contributed by atoms with Crippen molar-refractivity contribution < 1.29 is 19.0 Å². The number of hydrogen-bond donors (Lipinski definition) is 2. The van der Waals surface area contributed by atoms with E-state index >= 15 is 0 Å². The molecule has 1 aliphatic rings. The van der Waals surface area contributed by atoms with Gasteiger partial charge in [-0.3, -0.25) is 4.79 Å². The third-order valence-electron chi connectivity index (χ3n) is 3.87. The van der Waals surface area contributed by atoms with Crippen LogP contribution in [0.5, 0.6) is 5.75 Å². The zero-order chi connectivity index (χ0) is 15.1. The van der Waals surface area contributed by atoms with Gasteiger partial charge in [-0.1, -0.05) is 6.42 Å². The van der Waals surface area contributed by atoms with Gasteiger partial charge in [0.25, 0.3) is 0 Å². The number of halogens is 1. The Hall–Kier alpha value is -1.62. The second-order valence-corrected chi connectivity index (χ2v) is 5.45. The Kier molecular flexibility index (Phi) is 5.99. The summed E-state index contributed by atoms with van der Waals surface area (Å²) in [5.74, 6) is 0.511. The fourth-order valence-corrected chi connectivity index (χ4v) is 2.68. The predicted octanol–water partition coefficient (Wildman–Crippen LogP) is 2.26. The molecule has 2 unspecified atom stereocenters. The van der Waals surface area contributed by atoms with Crippen molar-refractivity contribution >= 4 is 5.91 Å². The van der Waals surface area contributed by atoms with E-state index in [1.807, 2.05) is 0 Å². The minimum Gasteiger partial charge on any atom is -0.494 e. The number of amides is 1. The monoisotopic (exact) mass is 295 g/mol. The standard InChI is InChI=1S/C16H22FNO3/c17-13-6-8-14(9-7-13)21-10-2-5-16(20)18-15-4-1-3-12(15)11-19/h6-9,12,15,19H,1-5,10-11H2,(H,18,20). The molecular formula is C16H22FNO3. The Balaban J connectivity index is 1.62. The molecule has 1 aliphatic carbocycles. The quantitative estimate of drug-likeness (QED) is 0.759. The first kappa shape index (κ1) is 15.8. The molecule has 0 bridgehead atoms. The van der Waals surface area contributed by atoms with E-state index in [4.69, 9.17) is 4.74 Å². The first-order valence-corrected chi connectivity index (χ1v) is 7.47. The number of hydrogen-bond acceptors (Lipinski definition) is 3. The van der Waals surface area contributed by atoms with E-state index in [1.54, 1.807) is 12.1 Å². The van der Waals surface area contributed by atoms with Crippen LogP contribution in [0.2, 0.25) is 0 Å². The molecule has 1 fully saturated rings. The van der Waals surface area contributed by atoms with E-state index in [0.717, 1.165) is 19.3 Å². The van der Waals surface area contributed by atoms with Crippen LogP contribution in [0, 0.1) is 11.7 Å². The third kappa shape index (κ3) is 5.01. The van der Waals surface area contributed by atoms with Gasteiger partial charge in [0.1, 0.15) is 11.6 Å². The SMILES string of the molecule is O=C(CCCOc1ccc(F)cc1)NC1CCCC1CO. The summed E-state index contributed by atoms with van der Waals surface area (Å²) in [4.78, 5) is 11.8. The summed E-state index contributed by atoms with van der Waals surface area (Å²) >= 11 is 0. The van der Waals surface area contributed by atoms with Crippen LogP contribution in [-0.2, 0) is 4.79 Å². The summed E-state index contributed by atoms with van der Waals surface area (Å²) in [6, 6.07) is 5.94. The number of carbonyl (C=O) groups excluding carboxylic acids is 1. The molecule has 2 N–H and O–H groups in total. The summed E-state index contributed by atoms with van der Waals surface area (Å²) in [6.07, 6.45) is 4.00. The average molecular weight is 295 g/mol. The zero-order valence-corrected chi connectivity index (χ0v) is 12.1. The number of benzene rings is 1. The number of aliphatic hydroxyl groups excluding tert-OH is 1. The Morgan fingerprint density at radius 3 is 2.81 bits per heavy atom. The highest BCUT2D eigenvalue weighted by Crippen LogP contribution is 2.25. The van der Waals surface area contributed by atoms with Gasteiger partial charge in [-0.25, -0.2) is 4.39 Å². The maximum Gasteiger partial charge on any atom is 0.220 e. The van der Waals surface area contributed by atoms with Crippen molar-refractivity contribution in [2.45, 2.75) is 38.1 Å². The van der Waals surface area contributed by atoms with Gasteiger partial charge in [0.2, 0.25) is 5.91 Å². The van der Waals surface area contributed by atoms with Crippen molar-refractivity contribution in [1.82, 2.24) is 5.32 Å². The van der Waals surface area contributed by atoms with Gasteiger partial charge in [-0.05, 0) is 43.5 Å².